The number of pyridine rings is 1. The van der Waals surface area contributed by atoms with Crippen molar-refractivity contribution in [1.29, 1.82) is 0 Å². The lowest BCUT2D eigenvalue weighted by Crippen LogP contribution is -1.97. The van der Waals surface area contributed by atoms with Crippen LogP contribution in [-0.4, -0.2) is 21.7 Å². The highest BCUT2D eigenvalue weighted by molar-refractivity contribution is 5.52. The van der Waals surface area contributed by atoms with Crippen LogP contribution in [0.15, 0.2) is 22.9 Å². The van der Waals surface area contributed by atoms with Crippen molar-refractivity contribution in [3.63, 3.8) is 0 Å². The molecule has 2 aromatic rings. The predicted molar refractivity (Wildman–Crippen MR) is 73.5 cm³/mol. The van der Waals surface area contributed by atoms with Gasteiger partial charge in [-0.2, -0.15) is 4.98 Å². The minimum Gasteiger partial charge on any atom is -0.339 e. The third-order valence-electron chi connectivity index (χ3n) is 3.03. The first-order valence-corrected chi connectivity index (χ1v) is 6.76. The molecule has 0 fully saturated rings. The van der Waals surface area contributed by atoms with Crippen LogP contribution in [0.2, 0.25) is 0 Å². The zero-order chi connectivity index (χ0) is 13.5. The molecule has 2 rings (SSSR count). The van der Waals surface area contributed by atoms with Crippen LogP contribution in [0.1, 0.15) is 37.1 Å². The second kappa shape index (κ2) is 6.99. The Balaban J connectivity index is 1.91. The van der Waals surface area contributed by atoms with Crippen molar-refractivity contribution in [1.82, 2.24) is 15.1 Å². The van der Waals surface area contributed by atoms with E-state index in [2.05, 4.69) is 15.1 Å². The molecule has 0 radical (unpaired) electrons. The molecule has 0 aliphatic heterocycles. The molecule has 0 spiro atoms. The second-order valence-electron chi connectivity index (χ2n) is 4.63. The first-order chi connectivity index (χ1) is 9.31. The molecule has 0 bridgehead atoms. The first kappa shape index (κ1) is 13.7. The number of hydrogen-bond acceptors (Lipinski definition) is 5. The van der Waals surface area contributed by atoms with Gasteiger partial charge in [-0.3, -0.25) is 4.98 Å². The minimum atomic E-state index is 0.579. The fraction of sp³-hybridized carbons (Fsp3) is 0.500. The van der Waals surface area contributed by atoms with E-state index in [1.807, 2.05) is 19.1 Å². The van der Waals surface area contributed by atoms with E-state index in [1.165, 1.54) is 0 Å². The van der Waals surface area contributed by atoms with Crippen LogP contribution < -0.4 is 5.73 Å². The smallest absolute Gasteiger partial charge is 0.227 e. The molecule has 0 aromatic carbocycles. The van der Waals surface area contributed by atoms with Crippen molar-refractivity contribution in [2.24, 2.45) is 5.73 Å². The fourth-order valence-electron chi connectivity index (χ4n) is 1.95. The molecule has 2 heterocycles. The van der Waals surface area contributed by atoms with E-state index < -0.39 is 0 Å². The normalized spacial score (nSPS) is 10.8. The van der Waals surface area contributed by atoms with Crippen LogP contribution in [-0.2, 0) is 6.42 Å². The van der Waals surface area contributed by atoms with Crippen LogP contribution in [0.5, 0.6) is 0 Å². The standard InChI is InChI=1S/C14H20N4O/c1-11-7-6-10-16-13(11)14-17-12(19-18-14)8-4-2-3-5-9-15/h6-7,10H,2-5,8-9,15H2,1H3. The summed E-state index contributed by atoms with van der Waals surface area (Å²) >= 11 is 0. The summed E-state index contributed by atoms with van der Waals surface area (Å²) < 4.78 is 5.25. The van der Waals surface area contributed by atoms with E-state index in [0.29, 0.717) is 11.7 Å². The van der Waals surface area contributed by atoms with Gasteiger partial charge in [0.25, 0.3) is 0 Å². The Morgan fingerprint density at radius 2 is 2.05 bits per heavy atom. The molecule has 0 saturated carbocycles. The quantitative estimate of drug-likeness (QED) is 0.774. The Bertz CT molecular complexity index is 510. The summed E-state index contributed by atoms with van der Waals surface area (Å²) in [6, 6.07) is 3.89. The lowest BCUT2D eigenvalue weighted by molar-refractivity contribution is 0.374. The van der Waals surface area contributed by atoms with Gasteiger partial charge in [0.1, 0.15) is 5.69 Å². The summed E-state index contributed by atoms with van der Waals surface area (Å²) in [5.74, 6) is 1.27. The number of rotatable bonds is 7. The predicted octanol–water partition coefficient (Wildman–Crippen LogP) is 2.50. The fourth-order valence-corrected chi connectivity index (χ4v) is 1.95. The van der Waals surface area contributed by atoms with E-state index in [1.54, 1.807) is 6.20 Å². The Hall–Kier alpha value is -1.75. The van der Waals surface area contributed by atoms with Gasteiger partial charge in [0.05, 0.1) is 0 Å². The first-order valence-electron chi connectivity index (χ1n) is 6.76. The van der Waals surface area contributed by atoms with Crippen molar-refractivity contribution < 1.29 is 4.52 Å². The highest BCUT2D eigenvalue weighted by Crippen LogP contribution is 2.17. The molecular weight excluding hydrogens is 240 g/mol. The number of aromatic nitrogens is 3. The van der Waals surface area contributed by atoms with Gasteiger partial charge >= 0.3 is 0 Å². The molecule has 0 atom stereocenters. The lowest BCUT2D eigenvalue weighted by Gasteiger charge is -1.97. The maximum absolute atomic E-state index is 5.46. The zero-order valence-corrected chi connectivity index (χ0v) is 11.3. The lowest BCUT2D eigenvalue weighted by atomic mass is 10.1. The number of aryl methyl sites for hydroxylation is 2. The van der Waals surface area contributed by atoms with Crippen LogP contribution in [0.4, 0.5) is 0 Å². The average Bonchev–Trinajstić information content (AvgIpc) is 2.88. The average molecular weight is 260 g/mol. The number of hydrogen-bond donors (Lipinski definition) is 1. The summed E-state index contributed by atoms with van der Waals surface area (Å²) in [6.07, 6.45) is 7.02. The largest absolute Gasteiger partial charge is 0.339 e. The summed E-state index contributed by atoms with van der Waals surface area (Å²) in [5.41, 5.74) is 7.30. The summed E-state index contributed by atoms with van der Waals surface area (Å²) in [5, 5.41) is 3.99. The Morgan fingerprint density at radius 3 is 2.84 bits per heavy atom. The molecular formula is C14H20N4O. The molecule has 2 N–H and O–H groups in total. The second-order valence-corrected chi connectivity index (χ2v) is 4.63. The van der Waals surface area contributed by atoms with Crippen molar-refractivity contribution in [3.8, 4) is 11.5 Å². The van der Waals surface area contributed by atoms with Gasteiger partial charge in [-0.15, -0.1) is 0 Å². The van der Waals surface area contributed by atoms with E-state index >= 15 is 0 Å². The third-order valence-corrected chi connectivity index (χ3v) is 3.03. The van der Waals surface area contributed by atoms with Crippen molar-refractivity contribution in [2.45, 2.75) is 39.0 Å². The van der Waals surface area contributed by atoms with Gasteiger partial charge in [0, 0.05) is 12.6 Å². The summed E-state index contributed by atoms with van der Waals surface area (Å²) in [6.45, 7) is 2.76. The maximum Gasteiger partial charge on any atom is 0.227 e. The molecule has 0 saturated heterocycles. The highest BCUT2D eigenvalue weighted by Gasteiger charge is 2.11. The highest BCUT2D eigenvalue weighted by atomic mass is 16.5. The maximum atomic E-state index is 5.46. The topological polar surface area (TPSA) is 77.8 Å². The molecule has 5 nitrogen and oxygen atoms in total. The van der Waals surface area contributed by atoms with Crippen LogP contribution >= 0.6 is 0 Å². The molecule has 19 heavy (non-hydrogen) atoms. The molecule has 0 aliphatic carbocycles. The van der Waals surface area contributed by atoms with Crippen molar-refractivity contribution in [3.05, 3.63) is 29.8 Å². The van der Waals surface area contributed by atoms with Crippen LogP contribution in [0, 0.1) is 6.92 Å². The van der Waals surface area contributed by atoms with Crippen LogP contribution in [0.3, 0.4) is 0 Å². The molecule has 0 amide bonds. The van der Waals surface area contributed by atoms with E-state index in [-0.39, 0.29) is 0 Å². The number of nitrogens with two attached hydrogens (primary N) is 1. The zero-order valence-electron chi connectivity index (χ0n) is 11.3. The summed E-state index contributed by atoms with van der Waals surface area (Å²) in [7, 11) is 0. The summed E-state index contributed by atoms with van der Waals surface area (Å²) in [4.78, 5) is 8.68. The Morgan fingerprint density at radius 1 is 1.21 bits per heavy atom. The minimum absolute atomic E-state index is 0.579. The van der Waals surface area contributed by atoms with Crippen LogP contribution in [0.25, 0.3) is 11.5 Å². The van der Waals surface area contributed by atoms with Gasteiger partial charge in [0.2, 0.25) is 11.7 Å². The Kier molecular flexibility index (Phi) is 5.03. The molecule has 0 aliphatic rings. The molecule has 2 aromatic heterocycles. The molecule has 102 valence electrons. The Labute approximate surface area is 113 Å². The van der Waals surface area contributed by atoms with E-state index in [9.17, 15) is 0 Å². The van der Waals surface area contributed by atoms with Gasteiger partial charge in [-0.05, 0) is 37.9 Å². The number of nitrogens with zero attached hydrogens (tertiary/aromatic N) is 3. The number of unbranched alkanes of at least 4 members (excludes halogenated alkanes) is 3. The molecule has 0 unspecified atom stereocenters. The van der Waals surface area contributed by atoms with Gasteiger partial charge in [-0.1, -0.05) is 24.1 Å². The van der Waals surface area contributed by atoms with Gasteiger partial charge in [0.15, 0.2) is 0 Å². The van der Waals surface area contributed by atoms with Crippen molar-refractivity contribution in [2.75, 3.05) is 6.54 Å². The van der Waals surface area contributed by atoms with E-state index in [0.717, 1.165) is 49.9 Å². The third kappa shape index (κ3) is 3.86. The van der Waals surface area contributed by atoms with Gasteiger partial charge in [-0.25, -0.2) is 0 Å². The van der Waals surface area contributed by atoms with E-state index in [4.69, 9.17) is 10.3 Å². The monoisotopic (exact) mass is 260 g/mol. The van der Waals surface area contributed by atoms with Crippen molar-refractivity contribution >= 4 is 0 Å². The molecule has 5 heteroatoms. The SMILES string of the molecule is Cc1cccnc1-c1noc(CCCCCCN)n1. The van der Waals surface area contributed by atoms with Gasteiger partial charge < -0.3 is 10.3 Å².